The van der Waals surface area contributed by atoms with Crippen LogP contribution in [0, 0.1) is 5.82 Å². The van der Waals surface area contributed by atoms with Gasteiger partial charge >= 0.3 is 0 Å². The molecule has 2 aromatic rings. The third-order valence-electron chi connectivity index (χ3n) is 4.48. The maximum absolute atomic E-state index is 14.3. The minimum atomic E-state index is -4.05. The van der Waals surface area contributed by atoms with Crippen LogP contribution in [-0.2, 0) is 16.6 Å². The first-order valence-electron chi connectivity index (χ1n) is 9.05. The molecule has 0 atom stereocenters. The summed E-state index contributed by atoms with van der Waals surface area (Å²) in [5.74, 6) is -1.97. The molecule has 0 aromatic heterocycles. The van der Waals surface area contributed by atoms with E-state index < -0.39 is 32.6 Å². The Morgan fingerprint density at radius 2 is 1.69 bits per heavy atom. The molecule has 0 aliphatic rings. The Morgan fingerprint density at radius 3 is 2.28 bits per heavy atom. The average Bonchev–Trinajstić information content (AvgIpc) is 2.68. The summed E-state index contributed by atoms with van der Waals surface area (Å²) in [5, 5.41) is 0. The largest absolute Gasteiger partial charge is 0.366 e. The molecule has 156 valence electrons. The minimum absolute atomic E-state index is 0.0469. The van der Waals surface area contributed by atoms with Gasteiger partial charge in [-0.3, -0.25) is 9.59 Å². The van der Waals surface area contributed by atoms with E-state index in [1.807, 2.05) is 0 Å². The van der Waals surface area contributed by atoms with E-state index in [9.17, 15) is 22.4 Å². The van der Waals surface area contributed by atoms with Crippen LogP contribution >= 0.6 is 0 Å². The first-order valence-corrected chi connectivity index (χ1v) is 10.5. The first-order chi connectivity index (χ1) is 13.6. The number of nitrogens with two attached hydrogens (primary N) is 1. The van der Waals surface area contributed by atoms with Crippen LogP contribution in [0.3, 0.4) is 0 Å². The molecule has 9 heteroatoms. The van der Waals surface area contributed by atoms with Gasteiger partial charge in [0, 0.05) is 37.8 Å². The summed E-state index contributed by atoms with van der Waals surface area (Å²) >= 11 is 0. The Hall–Kier alpha value is -2.78. The molecule has 0 heterocycles. The van der Waals surface area contributed by atoms with Crippen molar-refractivity contribution in [3.8, 4) is 0 Å². The lowest BCUT2D eigenvalue weighted by Gasteiger charge is -2.21. The zero-order chi connectivity index (χ0) is 21.8. The van der Waals surface area contributed by atoms with E-state index in [2.05, 4.69) is 0 Å². The van der Waals surface area contributed by atoms with Crippen LogP contribution in [0.1, 0.15) is 40.1 Å². The van der Waals surface area contributed by atoms with Gasteiger partial charge in [-0.05, 0) is 35.9 Å². The highest BCUT2D eigenvalue weighted by molar-refractivity contribution is 7.89. The second-order valence-corrected chi connectivity index (χ2v) is 8.37. The van der Waals surface area contributed by atoms with Gasteiger partial charge in [0.05, 0.1) is 0 Å². The topological polar surface area (TPSA) is 101 Å². The number of amides is 2. The Labute approximate surface area is 170 Å². The average molecular weight is 421 g/mol. The third kappa shape index (κ3) is 4.99. The zero-order valence-electron chi connectivity index (χ0n) is 16.6. The molecule has 2 rings (SSSR count). The number of nitrogens with zero attached hydrogens (tertiary/aromatic N) is 2. The van der Waals surface area contributed by atoms with E-state index in [1.165, 1.54) is 18.0 Å². The van der Waals surface area contributed by atoms with Gasteiger partial charge in [-0.15, -0.1) is 0 Å². The molecule has 0 bridgehead atoms. The number of hydrogen-bond acceptors (Lipinski definition) is 4. The fourth-order valence-corrected chi connectivity index (χ4v) is 4.47. The Kier molecular flexibility index (Phi) is 7.10. The van der Waals surface area contributed by atoms with Crippen molar-refractivity contribution in [1.29, 1.82) is 0 Å². The highest BCUT2D eigenvalue weighted by atomic mass is 32.2. The van der Waals surface area contributed by atoms with Crippen molar-refractivity contribution in [2.24, 2.45) is 5.73 Å². The van der Waals surface area contributed by atoms with Gasteiger partial charge in [-0.25, -0.2) is 12.8 Å². The molecule has 0 saturated heterocycles. The van der Waals surface area contributed by atoms with Crippen molar-refractivity contribution in [2.45, 2.75) is 25.3 Å². The van der Waals surface area contributed by atoms with Crippen LogP contribution in [0.25, 0.3) is 0 Å². The molecule has 7 nitrogen and oxygen atoms in total. The number of carbonyl (C=O) groups excluding carboxylic acids is 2. The molecule has 0 spiro atoms. The van der Waals surface area contributed by atoms with E-state index in [0.29, 0.717) is 11.1 Å². The van der Waals surface area contributed by atoms with Crippen LogP contribution in [0.15, 0.2) is 47.4 Å². The molecule has 2 amide bonds. The number of sulfonamides is 1. The fraction of sp³-hybridized carbons (Fsp3) is 0.300. The predicted octanol–water partition coefficient (Wildman–Crippen LogP) is 2.23. The summed E-state index contributed by atoms with van der Waals surface area (Å²) < 4.78 is 40.7. The smallest absolute Gasteiger partial charge is 0.253 e. The number of carbonyl (C=O) groups is 2. The molecule has 0 aliphatic carbocycles. The summed E-state index contributed by atoms with van der Waals surface area (Å²) in [5.41, 5.74) is 6.31. The molecule has 0 aliphatic heterocycles. The van der Waals surface area contributed by atoms with Gasteiger partial charge in [0.1, 0.15) is 10.7 Å². The molecule has 29 heavy (non-hydrogen) atoms. The second kappa shape index (κ2) is 9.15. The monoisotopic (exact) mass is 421 g/mol. The highest BCUT2D eigenvalue weighted by Crippen LogP contribution is 2.22. The van der Waals surface area contributed by atoms with Crippen molar-refractivity contribution in [3.05, 3.63) is 65.0 Å². The third-order valence-corrected chi connectivity index (χ3v) is 6.54. The van der Waals surface area contributed by atoms with Gasteiger partial charge in [0.2, 0.25) is 15.9 Å². The SMILES string of the molecule is CCN(CC)S(=O)(=O)c1cc(C(=O)N(C)Cc2cccc(C(N)=O)c2)ccc1F. The van der Waals surface area contributed by atoms with Crippen molar-refractivity contribution in [3.63, 3.8) is 0 Å². The lowest BCUT2D eigenvalue weighted by Crippen LogP contribution is -2.32. The molecule has 0 radical (unpaired) electrons. The summed E-state index contributed by atoms with van der Waals surface area (Å²) in [7, 11) is -2.52. The van der Waals surface area contributed by atoms with Gasteiger partial charge < -0.3 is 10.6 Å². The normalized spacial score (nSPS) is 11.5. The summed E-state index contributed by atoms with van der Waals surface area (Å²) in [6, 6.07) is 9.81. The molecule has 0 fully saturated rings. The predicted molar refractivity (Wildman–Crippen MR) is 107 cm³/mol. The highest BCUT2D eigenvalue weighted by Gasteiger charge is 2.27. The molecular formula is C20H24FN3O4S. The quantitative estimate of drug-likeness (QED) is 0.706. The van der Waals surface area contributed by atoms with Crippen LogP contribution in [0.2, 0.25) is 0 Å². The van der Waals surface area contributed by atoms with Crippen molar-refractivity contribution in [1.82, 2.24) is 9.21 Å². The fourth-order valence-electron chi connectivity index (χ4n) is 2.93. The lowest BCUT2D eigenvalue weighted by molar-refractivity contribution is 0.0784. The molecule has 0 saturated carbocycles. The maximum atomic E-state index is 14.3. The Morgan fingerprint density at radius 1 is 1.03 bits per heavy atom. The van der Waals surface area contributed by atoms with E-state index >= 15 is 0 Å². The molecule has 2 N–H and O–H groups in total. The number of primary amides is 1. The van der Waals surface area contributed by atoms with Crippen LogP contribution in [-0.4, -0.2) is 49.6 Å². The summed E-state index contributed by atoms with van der Waals surface area (Å²) in [6.45, 7) is 3.85. The van der Waals surface area contributed by atoms with E-state index in [4.69, 9.17) is 5.73 Å². The molecule has 0 unspecified atom stereocenters. The van der Waals surface area contributed by atoms with Crippen LogP contribution in [0.4, 0.5) is 4.39 Å². The Bertz CT molecular complexity index is 1020. The Balaban J connectivity index is 2.32. The van der Waals surface area contributed by atoms with Gasteiger partial charge in [-0.2, -0.15) is 4.31 Å². The number of rotatable bonds is 8. The van der Waals surface area contributed by atoms with Crippen molar-refractivity contribution in [2.75, 3.05) is 20.1 Å². The van der Waals surface area contributed by atoms with Crippen LogP contribution in [0.5, 0.6) is 0 Å². The van der Waals surface area contributed by atoms with Crippen molar-refractivity contribution >= 4 is 21.8 Å². The first kappa shape index (κ1) is 22.5. The van der Waals surface area contributed by atoms with Crippen LogP contribution < -0.4 is 5.73 Å². The second-order valence-electron chi connectivity index (χ2n) is 6.46. The zero-order valence-corrected chi connectivity index (χ0v) is 17.4. The summed E-state index contributed by atoms with van der Waals surface area (Å²) in [6.07, 6.45) is 0. The van der Waals surface area contributed by atoms with E-state index in [1.54, 1.807) is 38.1 Å². The minimum Gasteiger partial charge on any atom is -0.366 e. The van der Waals surface area contributed by atoms with E-state index in [0.717, 1.165) is 16.4 Å². The maximum Gasteiger partial charge on any atom is 0.253 e. The van der Waals surface area contributed by atoms with E-state index in [-0.39, 0.29) is 25.2 Å². The number of halogens is 1. The van der Waals surface area contributed by atoms with Crippen molar-refractivity contribution < 1.29 is 22.4 Å². The van der Waals surface area contributed by atoms with Gasteiger partial charge in [-0.1, -0.05) is 26.0 Å². The number of hydrogen-bond donors (Lipinski definition) is 1. The standard InChI is InChI=1S/C20H24FN3O4S/c1-4-24(5-2)29(27,28)18-12-16(9-10-17(18)21)20(26)23(3)13-14-7-6-8-15(11-14)19(22)25/h6-12H,4-5,13H2,1-3H3,(H2,22,25). The molecule has 2 aromatic carbocycles. The van der Waals surface area contributed by atoms with Gasteiger partial charge in [0.15, 0.2) is 0 Å². The van der Waals surface area contributed by atoms with Gasteiger partial charge in [0.25, 0.3) is 5.91 Å². The number of benzene rings is 2. The molecular weight excluding hydrogens is 397 g/mol. The summed E-state index contributed by atoms with van der Waals surface area (Å²) in [4.78, 5) is 24.9. The lowest BCUT2D eigenvalue weighted by atomic mass is 10.1.